The van der Waals surface area contributed by atoms with E-state index in [2.05, 4.69) is 118 Å². The predicted octanol–water partition coefficient (Wildman–Crippen LogP) is 15.8. The van der Waals surface area contributed by atoms with E-state index in [-0.39, 0.29) is 173 Å². The third-order valence-corrected chi connectivity index (χ3v) is 27.4. The molecule has 5 unspecified atom stereocenters. The Morgan fingerprint density at radius 2 is 0.643 bits per heavy atom. The van der Waals surface area contributed by atoms with Crippen molar-refractivity contribution in [1.29, 1.82) is 23.9 Å². The molecule has 5 aromatic carbocycles. The van der Waals surface area contributed by atoms with E-state index in [1.54, 1.807) is 53.4 Å². The number of nitrogens with one attached hydrogen (secondary N) is 10. The fourth-order valence-corrected chi connectivity index (χ4v) is 19.6. The molecule has 45 nitrogen and oxygen atoms in total. The molecule has 5 atom stereocenters. The number of benzene rings is 5. The molecule has 0 aliphatic rings. The topological polar surface area (TPSA) is 708 Å². The highest BCUT2D eigenvalue weighted by Crippen LogP contribution is 2.36. The van der Waals surface area contributed by atoms with Gasteiger partial charge < -0.3 is 0 Å². The zero-order chi connectivity index (χ0) is 106. The molecule has 0 aliphatic carbocycles. The van der Waals surface area contributed by atoms with E-state index >= 15 is 0 Å². The number of alkyl halides is 5. The molecule has 143 heavy (non-hydrogen) atoms. The highest BCUT2D eigenvalue weighted by molar-refractivity contribution is 9.10. The van der Waals surface area contributed by atoms with Crippen molar-refractivity contribution in [2.24, 2.45) is 25.0 Å². The molecule has 0 saturated carbocycles. The van der Waals surface area contributed by atoms with Crippen molar-refractivity contribution in [2.75, 3.05) is 88.8 Å². The quantitative estimate of drug-likeness (QED) is 0.00421. The summed E-state index contributed by atoms with van der Waals surface area (Å²) in [6.07, 6.45) is 1.27. The van der Waals surface area contributed by atoms with Crippen molar-refractivity contribution in [3.05, 3.63) is 174 Å². The number of amidine groups is 5. The van der Waals surface area contributed by atoms with Crippen LogP contribution in [0.15, 0.2) is 185 Å². The molecule has 5 aromatic heterocycles. The second kappa shape index (κ2) is 59.2. The number of carbonyl (C=O) groups excluding carboxylic acids is 5. The minimum atomic E-state index is -4.93. The van der Waals surface area contributed by atoms with Gasteiger partial charge in [-0.3, -0.25) is 101 Å². The number of hydrogen-bond acceptors (Lipinski definition) is 45. The first-order valence-electron chi connectivity index (χ1n) is 40.1. The third-order valence-electron chi connectivity index (χ3n) is 16.5. The summed E-state index contributed by atoms with van der Waals surface area (Å²) in [5.41, 5.74) is 8.56. The van der Waals surface area contributed by atoms with Gasteiger partial charge in [0.2, 0.25) is 0 Å². The van der Waals surface area contributed by atoms with Crippen molar-refractivity contribution >= 4 is 237 Å². The number of rotatable bonds is 46. The van der Waals surface area contributed by atoms with E-state index < -0.39 is 89.8 Å². The van der Waals surface area contributed by atoms with Gasteiger partial charge in [0, 0.05) is 150 Å². The number of halogens is 11. The molecular formula is C77H88Br2ClF8N25O20S10. The maximum atomic E-state index is 13.4. The molecule has 0 bridgehead atoms. The van der Waals surface area contributed by atoms with Crippen LogP contribution in [0.2, 0.25) is 5.02 Å². The van der Waals surface area contributed by atoms with E-state index in [1.807, 2.05) is 22.5 Å². The molecule has 0 aliphatic heterocycles. The van der Waals surface area contributed by atoms with Crippen molar-refractivity contribution < 1.29 is 129 Å². The Bertz CT molecular complexity index is 6640. The van der Waals surface area contributed by atoms with E-state index in [4.69, 9.17) is 49.4 Å². The SMILES string of the molecule is CS(=N)(=O)CC(=O)CCCSc1nonc1C(=Nc1ccc(F)c(Br)c1)NO.CS(=N)(=O)CC(=O)CCCSc1nonc1C(=Nc1ccc(F)c(C(F)(F)F)c1)NO.CS(=N)(=O)CC(=O)CCCSc1nonc1C(=Nc1ccc(F)c(C(F)F)c1)NO.CS(=N)(=O)CC(=O)CCCSc1nonc1C(=Nc1cccc(Br)c1)NO.CS(=N)(=O)CC(=O)CCCSc1nonc1C(=Nc1cccc(Cl)c1)NO. The first-order valence-corrected chi connectivity index (χ1v) is 57.6. The lowest BCUT2D eigenvalue weighted by Gasteiger charge is -2.09. The first-order chi connectivity index (χ1) is 67.3. The summed E-state index contributed by atoms with van der Waals surface area (Å²) >= 11 is 18.3. The third kappa shape index (κ3) is 46.2. The van der Waals surface area contributed by atoms with Crippen LogP contribution in [0.25, 0.3) is 0 Å². The standard InChI is InChI=1S/C16H17F4N5O4S2.C16H18F3N5O4S2.C15H17BrFN5O4S2.C15H18BrN5O4S2.C15H18ClN5O4S2/c1-31(21,28)8-10(26)3-2-6-30-15-13(24-29-25-15)14(23-27)22-9-4-5-12(17)11(7-9)16(18,19)20;1-30(20,27)8-10(25)3-2-6-29-16-13(23-28-24-16)15(22-26)21-9-4-5-12(17)11(7-9)14(18)19;1-28(18,25)8-10(23)3-2-6-27-15-13(21-26-22-15)14(20-24)19-9-4-5-12(17)11(16)7-9;2*1-27(17,24)9-12(22)6-3-7-26-15-13(20-25-21-15)14(19-23)18-11-5-2-4-10(16)8-11/h4-5,7,21,27H,2-3,6,8H2,1H3,(H,22,23);4-5,7,14,20,26H,2-3,6,8H2,1H3,(H,21,22);4-5,7,18,24H,2-3,6,8H2,1H3,(H,19,20);2*2,4-5,8,17,23H,3,6-7,9H2,1H3,(H,18,19). The Morgan fingerprint density at radius 3 is 0.902 bits per heavy atom. The van der Waals surface area contributed by atoms with Gasteiger partial charge in [0.05, 0.1) is 72.8 Å². The molecule has 0 fully saturated rings. The van der Waals surface area contributed by atoms with Crippen LogP contribution in [-0.4, -0.2) is 246 Å². The van der Waals surface area contributed by atoms with Crippen LogP contribution in [0.5, 0.6) is 0 Å². The van der Waals surface area contributed by atoms with Crippen LogP contribution in [0, 0.1) is 41.3 Å². The largest absolute Gasteiger partial charge is 0.419 e. The van der Waals surface area contributed by atoms with Crippen LogP contribution in [0.3, 0.4) is 0 Å². The molecule has 778 valence electrons. The number of thioether (sulfide) groups is 5. The highest BCUT2D eigenvalue weighted by Gasteiger charge is 2.35. The number of aromatic nitrogens is 10. The summed E-state index contributed by atoms with van der Waals surface area (Å²) in [5.74, 6) is -3.94. The lowest BCUT2D eigenvalue weighted by molar-refractivity contribution is -0.140. The van der Waals surface area contributed by atoms with Crippen molar-refractivity contribution in [3.63, 3.8) is 0 Å². The monoisotopic (exact) mass is 2350 g/mol. The summed E-state index contributed by atoms with van der Waals surface area (Å²) < 4.78 is 222. The Labute approximate surface area is 852 Å². The average Bonchev–Trinajstić information content (AvgIpc) is 1.75. The number of ketones is 5. The van der Waals surface area contributed by atoms with Crippen LogP contribution in [0.4, 0.5) is 63.6 Å². The van der Waals surface area contributed by atoms with E-state index in [9.17, 15) is 106 Å². The summed E-state index contributed by atoms with van der Waals surface area (Å²) in [4.78, 5) is 78.6. The molecule has 10 rings (SSSR count). The van der Waals surface area contributed by atoms with Crippen molar-refractivity contribution in [2.45, 2.75) is 102 Å². The van der Waals surface area contributed by atoms with Gasteiger partial charge in [-0.2, -0.15) is 13.2 Å². The molecule has 0 saturated heterocycles. The number of aliphatic imine (C=N–C) groups is 5. The summed E-state index contributed by atoms with van der Waals surface area (Å²) in [5, 5.41) is 85.8. The zero-order valence-electron chi connectivity index (χ0n) is 74.8. The Hall–Kier alpha value is -10.5. The van der Waals surface area contributed by atoms with E-state index in [1.165, 1.54) is 84.8 Å². The van der Waals surface area contributed by atoms with Gasteiger partial charge in [-0.15, -0.1) is 58.8 Å². The van der Waals surface area contributed by atoms with Gasteiger partial charge in [-0.05, 0) is 191 Å². The molecule has 5 heterocycles. The highest BCUT2D eigenvalue weighted by atomic mass is 79.9. The minimum Gasteiger partial charge on any atom is -0.299 e. The lowest BCUT2D eigenvalue weighted by Crippen LogP contribution is -2.21. The van der Waals surface area contributed by atoms with Crippen LogP contribution < -0.4 is 27.4 Å². The van der Waals surface area contributed by atoms with Gasteiger partial charge in [-0.25, -0.2) is 91.1 Å². The maximum absolute atomic E-state index is 13.4. The maximum Gasteiger partial charge on any atom is 0.419 e. The Kier molecular flexibility index (Phi) is 50.2. The second-order valence-electron chi connectivity index (χ2n) is 29.4. The number of nitrogens with zero attached hydrogens (tertiary/aromatic N) is 15. The number of carbonyl (C=O) groups is 5. The summed E-state index contributed by atoms with van der Waals surface area (Å²) in [6, 6.07) is 22.8. The molecule has 0 spiro atoms. The van der Waals surface area contributed by atoms with Gasteiger partial charge in [0.25, 0.3) is 6.43 Å². The van der Waals surface area contributed by atoms with Crippen LogP contribution in [0.1, 0.15) is 110 Å². The zero-order valence-corrected chi connectivity index (χ0v) is 86.9. The molecule has 66 heteroatoms. The van der Waals surface area contributed by atoms with Crippen molar-refractivity contribution in [1.82, 2.24) is 79.0 Å². The second-order valence-corrected chi connectivity index (χ2v) is 48.5. The molecular weight excluding hydrogens is 2260 g/mol. The fraction of sp³-hybridized carbons (Fsp3) is 0.351. The van der Waals surface area contributed by atoms with Crippen LogP contribution >= 0.6 is 102 Å². The first kappa shape index (κ1) is 121. The van der Waals surface area contributed by atoms with Crippen molar-refractivity contribution in [3.8, 4) is 0 Å². The minimum absolute atomic E-state index is 0.0144. The van der Waals surface area contributed by atoms with Gasteiger partial charge in [-0.1, -0.05) is 39.7 Å². The number of hydrogen-bond donors (Lipinski definition) is 15. The summed E-state index contributed by atoms with van der Waals surface area (Å²) in [7, 11) is -14.2. The lowest BCUT2D eigenvalue weighted by atomic mass is 10.2. The smallest absolute Gasteiger partial charge is 0.299 e. The number of Topliss-reactive ketones (excluding diaryl/α,β-unsaturated/α-hetero) is 5. The molecule has 0 radical (unpaired) electrons. The van der Waals surface area contributed by atoms with Gasteiger partial charge in [0.1, 0.15) is 46.4 Å². The fourth-order valence-electron chi connectivity index (χ4n) is 10.7. The van der Waals surface area contributed by atoms with Crippen LogP contribution in [-0.2, 0) is 78.8 Å². The Balaban J connectivity index is 0.000000274. The normalized spacial score (nSPS) is 14.0. The molecule has 10 aromatic rings. The van der Waals surface area contributed by atoms with Gasteiger partial charge in [0.15, 0.2) is 82.8 Å². The summed E-state index contributed by atoms with van der Waals surface area (Å²) in [6.45, 7) is 0. The predicted molar refractivity (Wildman–Crippen MR) is 523 cm³/mol. The van der Waals surface area contributed by atoms with E-state index in [0.29, 0.717) is 110 Å². The van der Waals surface area contributed by atoms with E-state index in [0.717, 1.165) is 52.3 Å². The molecule has 0 amide bonds. The van der Waals surface area contributed by atoms with Gasteiger partial charge >= 0.3 is 6.18 Å². The average molecular weight is 2350 g/mol. The number of hydroxylamine groups is 5. The molecule has 15 N–H and O–H groups in total. The Morgan fingerprint density at radius 1 is 0.385 bits per heavy atom.